The van der Waals surface area contributed by atoms with E-state index in [0.717, 1.165) is 6.42 Å². The summed E-state index contributed by atoms with van der Waals surface area (Å²) in [4.78, 5) is 34.8. The van der Waals surface area contributed by atoms with Crippen LogP contribution in [0, 0.1) is 0 Å². The molecule has 1 atom stereocenters. The number of nitrogens with zero attached hydrogens (tertiary/aromatic N) is 1. The van der Waals surface area contributed by atoms with Gasteiger partial charge in [-0.15, -0.1) is 0 Å². The molecule has 0 unspecified atom stereocenters. The molecule has 0 aromatic heterocycles. The highest BCUT2D eigenvalue weighted by Crippen LogP contribution is 2.24. The van der Waals surface area contributed by atoms with Crippen LogP contribution in [-0.4, -0.2) is 40.1 Å². The first-order valence-electron chi connectivity index (χ1n) is 5.07. The summed E-state index contributed by atoms with van der Waals surface area (Å²) in [5.74, 6) is -2.04. The quantitative estimate of drug-likeness (QED) is 0.529. The molecule has 1 saturated heterocycles. The van der Waals surface area contributed by atoms with Crippen molar-refractivity contribution in [3.05, 3.63) is 23.9 Å². The summed E-state index contributed by atoms with van der Waals surface area (Å²) in [7, 11) is 0. The van der Waals surface area contributed by atoms with Crippen molar-refractivity contribution < 1.29 is 19.5 Å². The number of likely N-dealkylation sites (tertiary alicyclic amines) is 1. The third kappa shape index (κ3) is 1.76. The average molecular weight is 221 g/mol. The van der Waals surface area contributed by atoms with E-state index < -0.39 is 23.6 Å². The van der Waals surface area contributed by atoms with Crippen LogP contribution in [0.3, 0.4) is 0 Å². The second-order valence-electron chi connectivity index (χ2n) is 3.82. The fourth-order valence-electron chi connectivity index (χ4n) is 2.01. The lowest BCUT2D eigenvalue weighted by molar-refractivity contribution is -0.141. The highest BCUT2D eigenvalue weighted by Gasteiger charge is 2.32. The van der Waals surface area contributed by atoms with Gasteiger partial charge in [-0.25, -0.2) is 4.79 Å². The Balaban J connectivity index is 2.23. The van der Waals surface area contributed by atoms with Gasteiger partial charge < -0.3 is 10.0 Å². The molecule has 1 fully saturated rings. The normalized spacial score (nSPS) is 24.9. The summed E-state index contributed by atoms with van der Waals surface area (Å²) in [6, 6.07) is -0.586. The number of hydrogen-bond donors (Lipinski definition) is 1. The Hall–Kier alpha value is -1.91. The van der Waals surface area contributed by atoms with Gasteiger partial charge in [-0.1, -0.05) is 0 Å². The second-order valence-corrected chi connectivity index (χ2v) is 3.82. The first-order valence-corrected chi connectivity index (χ1v) is 5.07. The van der Waals surface area contributed by atoms with Gasteiger partial charge >= 0.3 is 5.97 Å². The summed E-state index contributed by atoms with van der Waals surface area (Å²) in [6.07, 6.45) is 5.26. The van der Waals surface area contributed by atoms with Crippen molar-refractivity contribution in [2.45, 2.75) is 18.9 Å². The van der Waals surface area contributed by atoms with Crippen molar-refractivity contribution >= 4 is 17.5 Å². The van der Waals surface area contributed by atoms with Gasteiger partial charge in [0.25, 0.3) is 0 Å². The summed E-state index contributed by atoms with van der Waals surface area (Å²) < 4.78 is 0. The molecule has 1 aliphatic carbocycles. The monoisotopic (exact) mass is 221 g/mol. The largest absolute Gasteiger partial charge is 0.480 e. The molecule has 5 nitrogen and oxygen atoms in total. The summed E-state index contributed by atoms with van der Waals surface area (Å²) >= 11 is 0. The van der Waals surface area contributed by atoms with E-state index in [2.05, 4.69) is 0 Å². The molecule has 2 aliphatic rings. The maximum atomic E-state index is 11.2. The van der Waals surface area contributed by atoms with E-state index in [0.29, 0.717) is 18.7 Å². The van der Waals surface area contributed by atoms with Crippen molar-refractivity contribution in [2.24, 2.45) is 0 Å². The average Bonchev–Trinajstić information content (AvgIpc) is 2.71. The zero-order valence-corrected chi connectivity index (χ0v) is 8.55. The topological polar surface area (TPSA) is 74.7 Å². The number of aliphatic carboxylic acids is 1. The van der Waals surface area contributed by atoms with E-state index in [1.165, 1.54) is 18.2 Å². The van der Waals surface area contributed by atoms with Gasteiger partial charge in [0.15, 0.2) is 0 Å². The molecule has 0 aromatic carbocycles. The Morgan fingerprint density at radius 2 is 2.06 bits per heavy atom. The Bertz CT molecular complexity index is 422. The van der Waals surface area contributed by atoms with E-state index in [-0.39, 0.29) is 0 Å². The van der Waals surface area contributed by atoms with Crippen LogP contribution < -0.4 is 0 Å². The van der Waals surface area contributed by atoms with Crippen LogP contribution >= 0.6 is 0 Å². The van der Waals surface area contributed by atoms with Crippen LogP contribution in [0.1, 0.15) is 12.8 Å². The molecule has 16 heavy (non-hydrogen) atoms. The minimum absolute atomic E-state index is 0.523. The first-order chi connectivity index (χ1) is 7.59. The third-order valence-corrected chi connectivity index (χ3v) is 2.80. The number of carboxylic acids is 1. The van der Waals surface area contributed by atoms with E-state index in [1.54, 1.807) is 4.90 Å². The fraction of sp³-hybridized carbons (Fsp3) is 0.364. The number of ketones is 2. The van der Waals surface area contributed by atoms with E-state index >= 15 is 0 Å². The summed E-state index contributed by atoms with van der Waals surface area (Å²) in [5.41, 5.74) is 0.523. The number of rotatable bonds is 2. The Labute approximate surface area is 92.0 Å². The minimum atomic E-state index is -0.892. The molecule has 0 amide bonds. The van der Waals surface area contributed by atoms with Crippen molar-refractivity contribution in [3.8, 4) is 0 Å². The molecule has 5 heteroatoms. The van der Waals surface area contributed by atoms with Gasteiger partial charge in [0.05, 0.1) is 0 Å². The smallest absolute Gasteiger partial charge is 0.326 e. The SMILES string of the molecule is O=C1C=CC(N2CCC[C@H]2C(=O)O)=CC1=O. The Morgan fingerprint density at radius 1 is 1.31 bits per heavy atom. The molecule has 2 rings (SSSR count). The van der Waals surface area contributed by atoms with Crippen LogP contribution in [0.2, 0.25) is 0 Å². The van der Waals surface area contributed by atoms with Crippen molar-refractivity contribution in [2.75, 3.05) is 6.54 Å². The first kappa shape index (κ1) is 10.6. The van der Waals surface area contributed by atoms with Gasteiger partial charge in [-0.05, 0) is 25.0 Å². The molecule has 1 N–H and O–H groups in total. The lowest BCUT2D eigenvalue weighted by Crippen LogP contribution is -2.36. The maximum Gasteiger partial charge on any atom is 0.326 e. The van der Waals surface area contributed by atoms with Crippen molar-refractivity contribution in [1.82, 2.24) is 4.90 Å². The third-order valence-electron chi connectivity index (χ3n) is 2.80. The number of hydrogen-bond acceptors (Lipinski definition) is 4. The maximum absolute atomic E-state index is 11.2. The molecule has 1 heterocycles. The van der Waals surface area contributed by atoms with Crippen molar-refractivity contribution in [1.29, 1.82) is 0 Å². The second kappa shape index (κ2) is 3.92. The predicted molar refractivity (Wildman–Crippen MR) is 54.6 cm³/mol. The highest BCUT2D eigenvalue weighted by molar-refractivity contribution is 6.46. The van der Waals surface area contributed by atoms with Crippen molar-refractivity contribution in [3.63, 3.8) is 0 Å². The van der Waals surface area contributed by atoms with Gasteiger partial charge in [-0.3, -0.25) is 9.59 Å². The molecular weight excluding hydrogens is 210 g/mol. The zero-order chi connectivity index (χ0) is 11.7. The number of carbonyl (C=O) groups excluding carboxylic acids is 2. The number of allylic oxidation sites excluding steroid dienone is 3. The van der Waals surface area contributed by atoms with E-state index in [9.17, 15) is 14.4 Å². The highest BCUT2D eigenvalue weighted by atomic mass is 16.4. The Kier molecular flexibility index (Phi) is 2.60. The molecule has 0 bridgehead atoms. The van der Waals surface area contributed by atoms with Gasteiger partial charge in [0.2, 0.25) is 11.6 Å². The van der Waals surface area contributed by atoms with Crippen LogP contribution in [0.4, 0.5) is 0 Å². The molecule has 0 radical (unpaired) electrons. The standard InChI is InChI=1S/C11H11NO4/c13-9-4-3-7(6-10(9)14)12-5-1-2-8(12)11(15)16/h3-4,6,8H,1-2,5H2,(H,15,16)/t8-/m0/s1. The van der Waals surface area contributed by atoms with Crippen LogP contribution in [-0.2, 0) is 14.4 Å². The van der Waals surface area contributed by atoms with E-state index in [1.807, 2.05) is 0 Å². The van der Waals surface area contributed by atoms with Crippen LogP contribution in [0.25, 0.3) is 0 Å². The van der Waals surface area contributed by atoms with Gasteiger partial charge in [0, 0.05) is 18.3 Å². The molecule has 0 spiro atoms. The molecule has 84 valence electrons. The van der Waals surface area contributed by atoms with Crippen LogP contribution in [0.5, 0.6) is 0 Å². The summed E-state index contributed by atoms with van der Waals surface area (Å²) in [6.45, 7) is 0.606. The van der Waals surface area contributed by atoms with E-state index in [4.69, 9.17) is 5.11 Å². The van der Waals surface area contributed by atoms with Gasteiger partial charge in [-0.2, -0.15) is 0 Å². The Morgan fingerprint density at radius 3 is 2.69 bits per heavy atom. The van der Waals surface area contributed by atoms with Crippen LogP contribution in [0.15, 0.2) is 23.9 Å². The minimum Gasteiger partial charge on any atom is -0.480 e. The number of carbonyl (C=O) groups is 3. The molecular formula is C11H11NO4. The summed E-state index contributed by atoms with van der Waals surface area (Å²) in [5, 5.41) is 8.99. The molecule has 1 aliphatic heterocycles. The lowest BCUT2D eigenvalue weighted by Gasteiger charge is -2.25. The fourth-order valence-corrected chi connectivity index (χ4v) is 2.01. The zero-order valence-electron chi connectivity index (χ0n) is 8.55. The molecule has 0 saturated carbocycles. The number of carboxylic acid groups (broad SMARTS) is 1. The van der Waals surface area contributed by atoms with Gasteiger partial charge in [0.1, 0.15) is 6.04 Å². The molecule has 0 aromatic rings. The predicted octanol–water partition coefficient (Wildman–Crippen LogP) is 0.127. The lowest BCUT2D eigenvalue weighted by atomic mass is 10.1.